The summed E-state index contributed by atoms with van der Waals surface area (Å²) in [5.74, 6) is -0.134. The number of ether oxygens (including phenoxy) is 2. The molecule has 6 nitrogen and oxygen atoms in total. The fourth-order valence-corrected chi connectivity index (χ4v) is 3.29. The Kier molecular flexibility index (Phi) is 6.35. The summed E-state index contributed by atoms with van der Waals surface area (Å²) in [7, 11) is 0. The summed E-state index contributed by atoms with van der Waals surface area (Å²) >= 11 is 12.5. The third kappa shape index (κ3) is 4.33. The Hall–Kier alpha value is -2.70. The molecule has 0 saturated carbocycles. The number of halogens is 2. The first-order chi connectivity index (χ1) is 13.8. The molecule has 2 amide bonds. The predicted octanol–water partition coefficient (Wildman–Crippen LogP) is 4.56. The van der Waals surface area contributed by atoms with Crippen LogP contribution in [0, 0.1) is 6.92 Å². The number of benzene rings is 2. The van der Waals surface area contributed by atoms with E-state index < -0.39 is 11.8 Å². The van der Waals surface area contributed by atoms with Crippen LogP contribution >= 0.6 is 23.2 Å². The van der Waals surface area contributed by atoms with E-state index in [4.69, 9.17) is 32.7 Å². The molecule has 8 heteroatoms. The van der Waals surface area contributed by atoms with Crippen LogP contribution in [0.5, 0.6) is 11.5 Å². The molecule has 2 aromatic rings. The van der Waals surface area contributed by atoms with Gasteiger partial charge in [-0.2, -0.15) is 0 Å². The highest BCUT2D eigenvalue weighted by molar-refractivity contribution is 6.34. The molecule has 29 heavy (non-hydrogen) atoms. The van der Waals surface area contributed by atoms with Gasteiger partial charge in [0.1, 0.15) is 5.57 Å². The quantitative estimate of drug-likeness (QED) is 0.534. The van der Waals surface area contributed by atoms with Gasteiger partial charge < -0.3 is 9.47 Å². The molecule has 1 aliphatic rings. The van der Waals surface area contributed by atoms with Crippen LogP contribution in [0.15, 0.2) is 35.9 Å². The molecule has 0 radical (unpaired) electrons. The van der Waals surface area contributed by atoms with E-state index in [2.05, 4.69) is 5.43 Å². The second-order valence-corrected chi connectivity index (χ2v) is 7.08. The fourth-order valence-electron chi connectivity index (χ4n) is 2.85. The van der Waals surface area contributed by atoms with Crippen molar-refractivity contribution in [2.45, 2.75) is 20.8 Å². The lowest BCUT2D eigenvalue weighted by molar-refractivity contribution is -0.117. The number of hydrogen-bond donors (Lipinski definition) is 1. The van der Waals surface area contributed by atoms with Gasteiger partial charge in [0.25, 0.3) is 11.8 Å². The highest BCUT2D eigenvalue weighted by atomic mass is 35.5. The maximum Gasteiger partial charge on any atom is 0.282 e. The normalized spacial score (nSPS) is 15.1. The predicted molar refractivity (Wildman–Crippen MR) is 114 cm³/mol. The minimum absolute atomic E-state index is 0.0237. The minimum Gasteiger partial charge on any atom is -0.490 e. The zero-order chi connectivity index (χ0) is 21.1. The van der Waals surface area contributed by atoms with E-state index >= 15 is 0 Å². The Labute approximate surface area is 179 Å². The fraction of sp³-hybridized carbons (Fsp3) is 0.238. The van der Waals surface area contributed by atoms with E-state index in [1.54, 1.807) is 30.3 Å². The number of carbonyl (C=O) groups is 2. The third-order valence-electron chi connectivity index (χ3n) is 4.24. The number of rotatable bonds is 6. The number of amides is 2. The largest absolute Gasteiger partial charge is 0.490 e. The molecular weight excluding hydrogens is 415 g/mol. The van der Waals surface area contributed by atoms with Gasteiger partial charge >= 0.3 is 0 Å². The van der Waals surface area contributed by atoms with Crippen LogP contribution in [0.1, 0.15) is 25.0 Å². The molecular formula is C21H20Cl2N2O4. The summed E-state index contributed by atoms with van der Waals surface area (Å²) in [5.41, 5.74) is 4.42. The van der Waals surface area contributed by atoms with Crippen LogP contribution in [0.25, 0.3) is 6.08 Å². The summed E-state index contributed by atoms with van der Waals surface area (Å²) < 4.78 is 11.1. The summed E-state index contributed by atoms with van der Waals surface area (Å²) in [6.45, 7) is 6.38. The van der Waals surface area contributed by atoms with Gasteiger partial charge in [0, 0.05) is 5.02 Å². The maximum atomic E-state index is 12.8. The Morgan fingerprint density at radius 3 is 2.41 bits per heavy atom. The van der Waals surface area contributed by atoms with Crippen molar-refractivity contribution < 1.29 is 19.1 Å². The van der Waals surface area contributed by atoms with Crippen LogP contribution in [0.2, 0.25) is 10.0 Å². The molecule has 1 heterocycles. The van der Waals surface area contributed by atoms with Crippen molar-refractivity contribution in [3.8, 4) is 11.5 Å². The Morgan fingerprint density at radius 2 is 1.76 bits per heavy atom. The maximum absolute atomic E-state index is 12.8. The lowest BCUT2D eigenvalue weighted by Gasteiger charge is -2.15. The van der Waals surface area contributed by atoms with E-state index in [1.807, 2.05) is 20.8 Å². The van der Waals surface area contributed by atoms with Crippen molar-refractivity contribution in [3.05, 3.63) is 57.1 Å². The first-order valence-electron chi connectivity index (χ1n) is 9.08. The molecule has 1 N–H and O–H groups in total. The molecule has 0 unspecified atom stereocenters. The number of nitrogens with one attached hydrogen (secondary N) is 1. The number of hydrazine groups is 1. The van der Waals surface area contributed by atoms with Crippen molar-refractivity contribution in [2.75, 3.05) is 18.2 Å². The van der Waals surface area contributed by atoms with E-state index in [-0.39, 0.29) is 5.57 Å². The second kappa shape index (κ2) is 8.76. The molecule has 0 aliphatic carbocycles. The van der Waals surface area contributed by atoms with Gasteiger partial charge in [-0.25, -0.2) is 5.01 Å². The van der Waals surface area contributed by atoms with Crippen molar-refractivity contribution in [3.63, 3.8) is 0 Å². The average molecular weight is 435 g/mol. The molecule has 1 saturated heterocycles. The highest BCUT2D eigenvalue weighted by Gasteiger charge is 2.34. The second-order valence-electron chi connectivity index (χ2n) is 6.27. The number of anilines is 1. The molecule has 2 aromatic carbocycles. The number of nitrogens with zero attached hydrogens (tertiary/aromatic N) is 1. The Morgan fingerprint density at radius 1 is 1.03 bits per heavy atom. The van der Waals surface area contributed by atoms with Crippen LogP contribution < -0.4 is 19.9 Å². The SMILES string of the molecule is CCOc1cc(/C=C2/C(=O)NN(c3ccc(C)c(Cl)c3)C2=O)cc(Cl)c1OCC. The van der Waals surface area contributed by atoms with Crippen molar-refractivity contribution >= 4 is 46.8 Å². The Bertz CT molecular complexity index is 1000. The van der Waals surface area contributed by atoms with Gasteiger partial charge in [-0.1, -0.05) is 29.3 Å². The van der Waals surface area contributed by atoms with Crippen molar-refractivity contribution in [1.29, 1.82) is 0 Å². The molecule has 0 atom stereocenters. The number of carbonyl (C=O) groups excluding carboxylic acids is 2. The van der Waals surface area contributed by atoms with Gasteiger partial charge in [0.2, 0.25) is 0 Å². The number of hydrogen-bond acceptors (Lipinski definition) is 4. The monoisotopic (exact) mass is 434 g/mol. The van der Waals surface area contributed by atoms with Crippen LogP contribution in [0.4, 0.5) is 5.69 Å². The molecule has 152 valence electrons. The molecule has 0 bridgehead atoms. The lowest BCUT2D eigenvalue weighted by Crippen LogP contribution is -2.35. The van der Waals surface area contributed by atoms with Crippen LogP contribution in [-0.4, -0.2) is 25.0 Å². The van der Waals surface area contributed by atoms with Gasteiger partial charge in [0.05, 0.1) is 23.9 Å². The summed E-state index contributed by atoms with van der Waals surface area (Å²) in [6, 6.07) is 8.41. The first kappa shape index (κ1) is 21.0. The van der Waals surface area contributed by atoms with E-state index in [0.29, 0.717) is 46.0 Å². The van der Waals surface area contributed by atoms with Gasteiger partial charge in [-0.05, 0) is 62.2 Å². The topological polar surface area (TPSA) is 67.9 Å². The summed E-state index contributed by atoms with van der Waals surface area (Å²) in [4.78, 5) is 25.3. The standard InChI is InChI=1S/C21H20Cl2N2O4/c1-4-28-18-10-13(9-17(23)19(18)29-5-2)8-15-20(26)24-25(21(15)27)14-7-6-12(3)16(22)11-14/h6-11H,4-5H2,1-3H3,(H,24,26)/b15-8-. The van der Waals surface area contributed by atoms with Gasteiger partial charge in [0.15, 0.2) is 11.5 Å². The van der Waals surface area contributed by atoms with Crippen molar-refractivity contribution in [2.24, 2.45) is 0 Å². The zero-order valence-electron chi connectivity index (χ0n) is 16.2. The minimum atomic E-state index is -0.519. The van der Waals surface area contributed by atoms with E-state index in [0.717, 1.165) is 5.56 Å². The highest BCUT2D eigenvalue weighted by Crippen LogP contribution is 2.37. The summed E-state index contributed by atoms with van der Waals surface area (Å²) in [5, 5.41) is 2.00. The van der Waals surface area contributed by atoms with Gasteiger partial charge in [-0.15, -0.1) is 0 Å². The first-order valence-corrected chi connectivity index (χ1v) is 9.83. The molecule has 1 aliphatic heterocycles. The van der Waals surface area contributed by atoms with Crippen LogP contribution in [-0.2, 0) is 9.59 Å². The lowest BCUT2D eigenvalue weighted by atomic mass is 10.1. The Balaban J connectivity index is 1.96. The van der Waals surface area contributed by atoms with E-state index in [1.165, 1.54) is 11.1 Å². The van der Waals surface area contributed by atoms with Crippen LogP contribution in [0.3, 0.4) is 0 Å². The average Bonchev–Trinajstić information content (AvgIpc) is 2.95. The molecule has 0 aromatic heterocycles. The molecule has 1 fully saturated rings. The molecule has 0 spiro atoms. The van der Waals surface area contributed by atoms with Gasteiger partial charge in [-0.3, -0.25) is 15.0 Å². The zero-order valence-corrected chi connectivity index (χ0v) is 17.7. The number of aryl methyl sites for hydroxylation is 1. The van der Waals surface area contributed by atoms with E-state index in [9.17, 15) is 9.59 Å². The van der Waals surface area contributed by atoms with Crippen molar-refractivity contribution in [1.82, 2.24) is 5.43 Å². The smallest absolute Gasteiger partial charge is 0.282 e. The molecule has 3 rings (SSSR count). The third-order valence-corrected chi connectivity index (χ3v) is 4.92. The summed E-state index contributed by atoms with van der Waals surface area (Å²) in [6.07, 6.45) is 1.47.